The lowest BCUT2D eigenvalue weighted by Crippen LogP contribution is -1.99. The molecule has 2 nitrogen and oxygen atoms in total. The van der Waals surface area contributed by atoms with Crippen LogP contribution in [0.15, 0.2) is 54.6 Å². The summed E-state index contributed by atoms with van der Waals surface area (Å²) in [6.07, 6.45) is 0. The van der Waals surface area contributed by atoms with Gasteiger partial charge in [0.1, 0.15) is 0 Å². The van der Waals surface area contributed by atoms with E-state index >= 15 is 0 Å². The third-order valence-corrected chi connectivity index (χ3v) is 4.81. The number of rotatable bonds is 3. The summed E-state index contributed by atoms with van der Waals surface area (Å²) in [5.41, 5.74) is 8.78. The summed E-state index contributed by atoms with van der Waals surface area (Å²) in [7, 11) is 0. The SMILES string of the molecule is Cc1ccc(CNc2cccc3c2[nH]c2c(C)ccc(C)c23)cc1. The van der Waals surface area contributed by atoms with Crippen LogP contribution in [0.5, 0.6) is 0 Å². The maximum Gasteiger partial charge on any atom is 0.0700 e. The standard InChI is InChI=1S/C22H22N2/c1-14-7-11-17(12-8-14)13-23-19-6-4-5-18-20-15(2)9-10-16(3)21(20)24-22(18)19/h4-12,23-24H,13H2,1-3H3. The monoisotopic (exact) mass is 314 g/mol. The van der Waals surface area contributed by atoms with Gasteiger partial charge in [-0.2, -0.15) is 0 Å². The normalized spacial score (nSPS) is 11.3. The summed E-state index contributed by atoms with van der Waals surface area (Å²) in [6.45, 7) is 7.29. The van der Waals surface area contributed by atoms with Gasteiger partial charge in [0.25, 0.3) is 0 Å². The topological polar surface area (TPSA) is 27.8 Å². The van der Waals surface area contributed by atoms with E-state index in [9.17, 15) is 0 Å². The van der Waals surface area contributed by atoms with Gasteiger partial charge in [0, 0.05) is 22.8 Å². The molecule has 4 rings (SSSR count). The van der Waals surface area contributed by atoms with Gasteiger partial charge in [-0.05, 0) is 43.5 Å². The number of hydrogen-bond donors (Lipinski definition) is 2. The summed E-state index contributed by atoms with van der Waals surface area (Å²) < 4.78 is 0. The van der Waals surface area contributed by atoms with Crippen LogP contribution in [0.1, 0.15) is 22.3 Å². The molecule has 0 radical (unpaired) electrons. The van der Waals surface area contributed by atoms with E-state index in [1.54, 1.807) is 0 Å². The summed E-state index contributed by atoms with van der Waals surface area (Å²) in [4.78, 5) is 3.64. The molecular weight excluding hydrogens is 292 g/mol. The Balaban J connectivity index is 1.77. The Hall–Kier alpha value is -2.74. The number of hydrogen-bond acceptors (Lipinski definition) is 1. The molecule has 0 atom stereocenters. The molecule has 4 aromatic rings. The average Bonchev–Trinajstić information content (AvgIpc) is 2.99. The Morgan fingerprint density at radius 3 is 2.33 bits per heavy atom. The fraction of sp³-hybridized carbons (Fsp3) is 0.182. The van der Waals surface area contributed by atoms with Gasteiger partial charge in [-0.1, -0.05) is 54.1 Å². The first kappa shape index (κ1) is 14.8. The lowest BCUT2D eigenvalue weighted by Gasteiger charge is -2.08. The van der Waals surface area contributed by atoms with E-state index in [0.717, 1.165) is 12.2 Å². The third-order valence-electron chi connectivity index (χ3n) is 4.81. The largest absolute Gasteiger partial charge is 0.379 e. The molecule has 0 spiro atoms. The van der Waals surface area contributed by atoms with Crippen LogP contribution in [-0.4, -0.2) is 4.98 Å². The van der Waals surface area contributed by atoms with Crippen molar-refractivity contribution in [2.24, 2.45) is 0 Å². The van der Waals surface area contributed by atoms with Crippen molar-refractivity contribution in [3.8, 4) is 0 Å². The third kappa shape index (κ3) is 2.44. The van der Waals surface area contributed by atoms with E-state index in [1.807, 2.05) is 0 Å². The summed E-state index contributed by atoms with van der Waals surface area (Å²) in [6, 6.07) is 19.6. The molecule has 2 N–H and O–H groups in total. The molecule has 3 aromatic carbocycles. The second kappa shape index (κ2) is 5.72. The van der Waals surface area contributed by atoms with Crippen LogP contribution in [-0.2, 0) is 6.54 Å². The van der Waals surface area contributed by atoms with Crippen molar-refractivity contribution < 1.29 is 0 Å². The highest BCUT2D eigenvalue weighted by Crippen LogP contribution is 2.33. The van der Waals surface area contributed by atoms with Gasteiger partial charge >= 0.3 is 0 Å². The highest BCUT2D eigenvalue weighted by Gasteiger charge is 2.11. The van der Waals surface area contributed by atoms with Gasteiger partial charge in [-0.25, -0.2) is 0 Å². The van der Waals surface area contributed by atoms with E-state index in [2.05, 4.69) is 85.7 Å². The first-order valence-electron chi connectivity index (χ1n) is 8.43. The molecule has 0 aliphatic carbocycles. The molecule has 0 unspecified atom stereocenters. The van der Waals surface area contributed by atoms with Crippen LogP contribution in [0.2, 0.25) is 0 Å². The molecule has 1 heterocycles. The molecule has 0 fully saturated rings. The minimum Gasteiger partial charge on any atom is -0.379 e. The molecule has 1 aromatic heterocycles. The van der Waals surface area contributed by atoms with Crippen molar-refractivity contribution >= 4 is 27.5 Å². The lowest BCUT2D eigenvalue weighted by atomic mass is 10.0. The van der Waals surface area contributed by atoms with Crippen molar-refractivity contribution in [2.45, 2.75) is 27.3 Å². The number of para-hydroxylation sites is 1. The minimum atomic E-state index is 0.826. The molecule has 2 heteroatoms. The van der Waals surface area contributed by atoms with Crippen LogP contribution in [0, 0.1) is 20.8 Å². The van der Waals surface area contributed by atoms with Crippen LogP contribution in [0.25, 0.3) is 21.8 Å². The smallest absolute Gasteiger partial charge is 0.0700 e. The van der Waals surface area contributed by atoms with Gasteiger partial charge in [-0.15, -0.1) is 0 Å². The first-order valence-corrected chi connectivity index (χ1v) is 8.43. The van der Waals surface area contributed by atoms with Gasteiger partial charge in [0.2, 0.25) is 0 Å². The highest BCUT2D eigenvalue weighted by molar-refractivity contribution is 6.13. The van der Waals surface area contributed by atoms with Crippen molar-refractivity contribution in [3.05, 3.63) is 76.9 Å². The van der Waals surface area contributed by atoms with Gasteiger partial charge in [-0.3, -0.25) is 0 Å². The van der Waals surface area contributed by atoms with Gasteiger partial charge in [0.15, 0.2) is 0 Å². The molecule has 0 amide bonds. The Morgan fingerprint density at radius 1 is 0.792 bits per heavy atom. The number of fused-ring (bicyclic) bond motifs is 3. The predicted octanol–water partition coefficient (Wildman–Crippen LogP) is 5.86. The first-order chi connectivity index (χ1) is 11.6. The van der Waals surface area contributed by atoms with Crippen molar-refractivity contribution in [2.75, 3.05) is 5.32 Å². The lowest BCUT2D eigenvalue weighted by molar-refractivity contribution is 1.15. The Morgan fingerprint density at radius 2 is 1.54 bits per heavy atom. The average molecular weight is 314 g/mol. The number of aromatic amines is 1. The number of benzene rings is 3. The zero-order chi connectivity index (χ0) is 16.7. The van der Waals surface area contributed by atoms with Crippen LogP contribution >= 0.6 is 0 Å². The maximum atomic E-state index is 3.64. The second-order valence-electron chi connectivity index (χ2n) is 6.64. The fourth-order valence-electron chi connectivity index (χ4n) is 3.39. The molecule has 0 bridgehead atoms. The zero-order valence-corrected chi connectivity index (χ0v) is 14.4. The van der Waals surface area contributed by atoms with Crippen LogP contribution in [0.3, 0.4) is 0 Å². The summed E-state index contributed by atoms with van der Waals surface area (Å²) in [5.74, 6) is 0. The van der Waals surface area contributed by atoms with E-state index < -0.39 is 0 Å². The van der Waals surface area contributed by atoms with Crippen molar-refractivity contribution in [1.29, 1.82) is 0 Å². The number of H-pyrrole nitrogens is 1. The Bertz CT molecular complexity index is 1020. The second-order valence-corrected chi connectivity index (χ2v) is 6.64. The minimum absolute atomic E-state index is 0.826. The maximum absolute atomic E-state index is 3.64. The number of nitrogens with one attached hydrogen (secondary N) is 2. The van der Waals surface area contributed by atoms with Crippen molar-refractivity contribution in [3.63, 3.8) is 0 Å². The van der Waals surface area contributed by atoms with Gasteiger partial charge < -0.3 is 10.3 Å². The molecular formula is C22H22N2. The Kier molecular flexibility index (Phi) is 3.53. The van der Waals surface area contributed by atoms with E-state index in [4.69, 9.17) is 0 Å². The summed E-state index contributed by atoms with van der Waals surface area (Å²) >= 11 is 0. The van der Waals surface area contributed by atoms with Crippen LogP contribution in [0.4, 0.5) is 5.69 Å². The van der Waals surface area contributed by atoms with E-state index in [0.29, 0.717) is 0 Å². The molecule has 0 aliphatic rings. The zero-order valence-electron chi connectivity index (χ0n) is 14.4. The van der Waals surface area contributed by atoms with Crippen LogP contribution < -0.4 is 5.32 Å². The number of aromatic nitrogens is 1. The molecule has 0 saturated carbocycles. The predicted molar refractivity (Wildman–Crippen MR) is 104 cm³/mol. The molecule has 0 aliphatic heterocycles. The number of aryl methyl sites for hydroxylation is 3. The Labute approximate surface area is 142 Å². The molecule has 24 heavy (non-hydrogen) atoms. The molecule has 120 valence electrons. The number of anilines is 1. The van der Waals surface area contributed by atoms with E-state index in [1.165, 1.54) is 44.1 Å². The summed E-state index contributed by atoms with van der Waals surface area (Å²) in [5, 5.41) is 6.22. The van der Waals surface area contributed by atoms with E-state index in [-0.39, 0.29) is 0 Å². The highest BCUT2D eigenvalue weighted by atomic mass is 14.9. The van der Waals surface area contributed by atoms with Crippen molar-refractivity contribution in [1.82, 2.24) is 4.98 Å². The fourth-order valence-corrected chi connectivity index (χ4v) is 3.39. The molecule has 0 saturated heterocycles. The quantitative estimate of drug-likeness (QED) is 0.487. The van der Waals surface area contributed by atoms with Gasteiger partial charge in [0.05, 0.1) is 11.2 Å².